The van der Waals surface area contributed by atoms with Crippen LogP contribution in [0.25, 0.3) is 0 Å². The summed E-state index contributed by atoms with van der Waals surface area (Å²) in [6.07, 6.45) is 0. The highest BCUT2D eigenvalue weighted by Crippen LogP contribution is 2.24. The van der Waals surface area contributed by atoms with Gasteiger partial charge in [-0.25, -0.2) is 4.79 Å². The smallest absolute Gasteiger partial charge is 0.339 e. The van der Waals surface area contributed by atoms with Gasteiger partial charge in [-0.1, -0.05) is 66.7 Å². The fraction of sp³-hybridized carbons (Fsp3) is 0. The molecule has 0 bridgehead atoms. The molecule has 3 rings (SSSR count). The molecule has 0 atom stereocenters. The van der Waals surface area contributed by atoms with Crippen molar-refractivity contribution in [1.29, 1.82) is 0 Å². The molecule has 0 saturated heterocycles. The van der Waals surface area contributed by atoms with Crippen LogP contribution in [0.5, 0.6) is 11.5 Å². The molecule has 0 heterocycles. The monoisotopic (exact) mass is 292 g/mol. The quantitative estimate of drug-likeness (QED) is 0.749. The Balaban J connectivity index is 0.000000246. The third-order valence-corrected chi connectivity index (χ3v) is 2.76. The lowest BCUT2D eigenvalue weighted by Crippen LogP contribution is -1.99. The van der Waals surface area contributed by atoms with Gasteiger partial charge in [-0.2, -0.15) is 0 Å². The number of para-hydroxylation sites is 2. The van der Waals surface area contributed by atoms with Gasteiger partial charge in [0.1, 0.15) is 17.1 Å². The number of ether oxygens (including phenoxy) is 1. The van der Waals surface area contributed by atoms with Crippen molar-refractivity contribution in [3.05, 3.63) is 96.6 Å². The molecule has 0 aliphatic carbocycles. The normalized spacial score (nSPS) is 9.27. The van der Waals surface area contributed by atoms with E-state index in [9.17, 15) is 4.79 Å². The van der Waals surface area contributed by atoms with Crippen LogP contribution in [0.1, 0.15) is 10.4 Å². The van der Waals surface area contributed by atoms with E-state index in [1.807, 2.05) is 54.6 Å². The lowest BCUT2D eigenvalue weighted by Gasteiger charge is -2.07. The Labute approximate surface area is 129 Å². The van der Waals surface area contributed by atoms with E-state index in [0.29, 0.717) is 11.5 Å². The van der Waals surface area contributed by atoms with Crippen molar-refractivity contribution in [2.45, 2.75) is 0 Å². The molecular formula is C19H16O3. The molecule has 0 fully saturated rings. The van der Waals surface area contributed by atoms with Crippen molar-refractivity contribution in [3.63, 3.8) is 0 Å². The zero-order valence-corrected chi connectivity index (χ0v) is 11.9. The number of rotatable bonds is 3. The molecule has 0 aliphatic rings. The van der Waals surface area contributed by atoms with Crippen LogP contribution in [0.3, 0.4) is 0 Å². The van der Waals surface area contributed by atoms with Crippen LogP contribution in [0.15, 0.2) is 91.0 Å². The zero-order valence-electron chi connectivity index (χ0n) is 11.9. The van der Waals surface area contributed by atoms with Crippen LogP contribution in [0.2, 0.25) is 0 Å². The summed E-state index contributed by atoms with van der Waals surface area (Å²) in [5.74, 6) is -0.0241. The number of hydrogen-bond donors (Lipinski definition) is 1. The van der Waals surface area contributed by atoms with Crippen molar-refractivity contribution in [2.24, 2.45) is 0 Å². The van der Waals surface area contributed by atoms with E-state index in [4.69, 9.17) is 9.84 Å². The molecule has 0 saturated carbocycles. The number of carbonyl (C=O) groups is 1. The minimum atomic E-state index is -0.994. The van der Waals surface area contributed by atoms with E-state index in [0.717, 1.165) is 0 Å². The maximum atomic E-state index is 10.9. The van der Waals surface area contributed by atoms with Crippen LogP contribution >= 0.6 is 0 Å². The Kier molecular flexibility index (Phi) is 5.76. The summed E-state index contributed by atoms with van der Waals surface area (Å²) in [5.41, 5.74) is 0.159. The summed E-state index contributed by atoms with van der Waals surface area (Å²) in [5, 5.41) is 8.96. The summed E-state index contributed by atoms with van der Waals surface area (Å²) in [6, 6.07) is 27.6. The van der Waals surface area contributed by atoms with E-state index in [1.165, 1.54) is 6.07 Å². The summed E-state index contributed by atoms with van der Waals surface area (Å²) in [4.78, 5) is 10.9. The average Bonchev–Trinajstić information content (AvgIpc) is 2.58. The predicted octanol–water partition coefficient (Wildman–Crippen LogP) is 4.86. The van der Waals surface area contributed by atoms with Crippen LogP contribution in [-0.2, 0) is 0 Å². The number of hydrogen-bond acceptors (Lipinski definition) is 2. The molecule has 0 radical (unpaired) electrons. The molecule has 0 unspecified atom stereocenters. The number of carboxylic acid groups (broad SMARTS) is 1. The maximum Gasteiger partial charge on any atom is 0.339 e. The first kappa shape index (κ1) is 15.3. The largest absolute Gasteiger partial charge is 0.478 e. The standard InChI is InChI=1S/C13H10O3.C6H6/c14-13(15)11-8-4-5-9-12(11)16-10-6-2-1-3-7-10;1-2-4-6-5-3-1/h1-9H,(H,14,15);1-6H. The van der Waals surface area contributed by atoms with Gasteiger partial charge in [-0.05, 0) is 24.3 Å². The Bertz CT molecular complexity index is 667. The fourth-order valence-corrected chi connectivity index (χ4v) is 1.73. The van der Waals surface area contributed by atoms with E-state index in [2.05, 4.69) is 0 Å². The minimum Gasteiger partial charge on any atom is -0.478 e. The molecule has 3 aromatic rings. The zero-order chi connectivity index (χ0) is 15.6. The fourth-order valence-electron chi connectivity index (χ4n) is 1.73. The summed E-state index contributed by atoms with van der Waals surface area (Å²) in [6.45, 7) is 0. The summed E-state index contributed by atoms with van der Waals surface area (Å²) < 4.78 is 5.49. The van der Waals surface area contributed by atoms with E-state index < -0.39 is 5.97 Å². The van der Waals surface area contributed by atoms with Gasteiger partial charge in [-0.3, -0.25) is 0 Å². The van der Waals surface area contributed by atoms with E-state index in [-0.39, 0.29) is 5.56 Å². The highest BCUT2D eigenvalue weighted by atomic mass is 16.5. The molecule has 3 heteroatoms. The highest BCUT2D eigenvalue weighted by Gasteiger charge is 2.10. The first-order valence-electron chi connectivity index (χ1n) is 6.82. The van der Waals surface area contributed by atoms with Gasteiger partial charge in [0, 0.05) is 0 Å². The van der Waals surface area contributed by atoms with Crippen molar-refractivity contribution in [2.75, 3.05) is 0 Å². The van der Waals surface area contributed by atoms with Crippen molar-refractivity contribution < 1.29 is 14.6 Å². The molecular weight excluding hydrogens is 276 g/mol. The number of carboxylic acids is 1. The van der Waals surface area contributed by atoms with Gasteiger partial charge in [-0.15, -0.1) is 0 Å². The van der Waals surface area contributed by atoms with E-state index >= 15 is 0 Å². The molecule has 1 N–H and O–H groups in total. The molecule has 110 valence electrons. The Morgan fingerprint density at radius 3 is 1.68 bits per heavy atom. The second-order valence-electron chi connectivity index (χ2n) is 4.37. The minimum absolute atomic E-state index is 0.159. The molecule has 3 nitrogen and oxygen atoms in total. The van der Waals surface area contributed by atoms with Crippen molar-refractivity contribution in [1.82, 2.24) is 0 Å². The molecule has 0 aromatic heterocycles. The van der Waals surface area contributed by atoms with Crippen molar-refractivity contribution in [3.8, 4) is 11.5 Å². The van der Waals surface area contributed by atoms with Gasteiger partial charge in [0.25, 0.3) is 0 Å². The topological polar surface area (TPSA) is 46.5 Å². The van der Waals surface area contributed by atoms with Crippen LogP contribution < -0.4 is 4.74 Å². The molecule has 22 heavy (non-hydrogen) atoms. The van der Waals surface area contributed by atoms with Crippen molar-refractivity contribution >= 4 is 5.97 Å². The third kappa shape index (κ3) is 4.80. The first-order chi connectivity index (χ1) is 10.8. The highest BCUT2D eigenvalue weighted by molar-refractivity contribution is 5.90. The summed E-state index contributed by atoms with van der Waals surface area (Å²) in [7, 11) is 0. The Morgan fingerprint density at radius 1 is 0.682 bits per heavy atom. The Morgan fingerprint density at radius 2 is 1.14 bits per heavy atom. The predicted molar refractivity (Wildman–Crippen MR) is 86.4 cm³/mol. The second kappa shape index (κ2) is 8.27. The van der Waals surface area contributed by atoms with Gasteiger partial charge in [0.2, 0.25) is 0 Å². The van der Waals surface area contributed by atoms with Crippen LogP contribution in [0, 0.1) is 0 Å². The molecule has 0 amide bonds. The lowest BCUT2D eigenvalue weighted by atomic mass is 10.2. The molecule has 0 spiro atoms. The van der Waals surface area contributed by atoms with E-state index in [1.54, 1.807) is 30.3 Å². The SMILES string of the molecule is O=C(O)c1ccccc1Oc1ccccc1.c1ccccc1. The first-order valence-corrected chi connectivity index (χ1v) is 6.82. The molecule has 0 aliphatic heterocycles. The maximum absolute atomic E-state index is 10.9. The van der Waals surface area contributed by atoms with Gasteiger partial charge in [0.05, 0.1) is 0 Å². The van der Waals surface area contributed by atoms with Crippen LogP contribution in [-0.4, -0.2) is 11.1 Å². The number of benzene rings is 3. The summed E-state index contributed by atoms with van der Waals surface area (Å²) >= 11 is 0. The third-order valence-electron chi connectivity index (χ3n) is 2.76. The van der Waals surface area contributed by atoms with Crippen LogP contribution in [0.4, 0.5) is 0 Å². The second-order valence-corrected chi connectivity index (χ2v) is 4.37. The Hall–Kier alpha value is -3.07. The number of aromatic carboxylic acids is 1. The van der Waals surface area contributed by atoms with Gasteiger partial charge in [0.15, 0.2) is 0 Å². The lowest BCUT2D eigenvalue weighted by molar-refractivity contribution is 0.0694. The average molecular weight is 292 g/mol. The van der Waals surface area contributed by atoms with Gasteiger partial charge >= 0.3 is 5.97 Å². The molecule has 3 aromatic carbocycles. The van der Waals surface area contributed by atoms with Gasteiger partial charge < -0.3 is 9.84 Å².